The number of esters is 1. The summed E-state index contributed by atoms with van der Waals surface area (Å²) in [7, 11) is 1.31. The zero-order valence-electron chi connectivity index (χ0n) is 24.0. The predicted molar refractivity (Wildman–Crippen MR) is 148 cm³/mol. The Morgan fingerprint density at radius 3 is 2.49 bits per heavy atom. The van der Waals surface area contributed by atoms with Gasteiger partial charge in [-0.05, 0) is 67.4 Å². The molecular formula is C32H42O7. The number of hydrogen-bond donors (Lipinski definition) is 0. The third-order valence-electron chi connectivity index (χ3n) is 9.16. The van der Waals surface area contributed by atoms with Crippen molar-refractivity contribution in [2.24, 2.45) is 34.5 Å². The first kappa shape index (κ1) is 29.2. The van der Waals surface area contributed by atoms with E-state index in [0.29, 0.717) is 23.7 Å². The van der Waals surface area contributed by atoms with Gasteiger partial charge in [0.1, 0.15) is 17.6 Å². The predicted octanol–water partition coefficient (Wildman–Crippen LogP) is 6.26. The Balaban J connectivity index is 1.80. The molecule has 0 spiro atoms. The minimum atomic E-state index is -1.57. The van der Waals surface area contributed by atoms with Gasteiger partial charge in [0.25, 0.3) is 0 Å². The van der Waals surface area contributed by atoms with E-state index in [1.807, 2.05) is 50.3 Å². The molecule has 4 rings (SSSR count). The summed E-state index contributed by atoms with van der Waals surface area (Å²) in [5.41, 5.74) is 0.555. The zero-order valence-corrected chi connectivity index (χ0v) is 24.0. The molecule has 3 aliphatic carbocycles. The lowest BCUT2D eigenvalue weighted by molar-refractivity contribution is -0.347. The van der Waals surface area contributed by atoms with E-state index in [9.17, 15) is 9.59 Å². The number of ketones is 1. The highest BCUT2D eigenvalue weighted by atomic mass is 17.2. The second-order valence-corrected chi connectivity index (χ2v) is 11.9. The van der Waals surface area contributed by atoms with Crippen LogP contribution in [0.5, 0.6) is 0 Å². The van der Waals surface area contributed by atoms with Gasteiger partial charge in [-0.15, -0.1) is 0 Å². The molecular weight excluding hydrogens is 496 g/mol. The van der Waals surface area contributed by atoms with Gasteiger partial charge in [0, 0.05) is 11.5 Å². The number of ether oxygens (including phenoxy) is 1. The van der Waals surface area contributed by atoms with E-state index >= 15 is 0 Å². The van der Waals surface area contributed by atoms with Crippen molar-refractivity contribution in [3.8, 4) is 0 Å². The van der Waals surface area contributed by atoms with Crippen molar-refractivity contribution < 1.29 is 33.9 Å². The Hall–Kier alpha value is -2.74. The molecule has 7 atom stereocenters. The number of rotatable bonds is 8. The zero-order chi connectivity index (χ0) is 28.5. The third kappa shape index (κ3) is 5.24. The molecule has 39 heavy (non-hydrogen) atoms. The van der Waals surface area contributed by atoms with Crippen molar-refractivity contribution in [1.82, 2.24) is 0 Å². The van der Waals surface area contributed by atoms with Crippen LogP contribution in [0.1, 0.15) is 59.4 Å². The smallest absolute Gasteiger partial charge is 0.320 e. The molecule has 7 nitrogen and oxygen atoms in total. The molecule has 1 aromatic carbocycles. The van der Waals surface area contributed by atoms with E-state index < -0.39 is 29.5 Å². The summed E-state index contributed by atoms with van der Waals surface area (Å²) in [5, 5.41) is 0. The highest BCUT2D eigenvalue weighted by molar-refractivity contribution is 6.12. The first-order valence-corrected chi connectivity index (χ1v) is 13.9. The Labute approximate surface area is 232 Å². The Bertz CT molecular complexity index is 1140. The van der Waals surface area contributed by atoms with Crippen molar-refractivity contribution in [1.29, 1.82) is 0 Å². The summed E-state index contributed by atoms with van der Waals surface area (Å²) in [6.45, 7) is 18.7. The van der Waals surface area contributed by atoms with Crippen LogP contribution in [0.2, 0.25) is 0 Å². The molecule has 7 unspecified atom stereocenters. The first-order valence-electron chi connectivity index (χ1n) is 13.9. The molecule has 0 bridgehead atoms. The third-order valence-corrected chi connectivity index (χ3v) is 9.16. The highest BCUT2D eigenvalue weighted by Gasteiger charge is 2.67. The summed E-state index contributed by atoms with van der Waals surface area (Å²) >= 11 is 0. The number of carbonyl (C=O) groups excluding carboxylic acids is 2. The molecule has 1 aromatic rings. The quantitative estimate of drug-likeness (QED) is 0.0964. The lowest BCUT2D eigenvalue weighted by atomic mass is 9.68. The minimum Gasteiger partial charge on any atom is -0.468 e. The second-order valence-electron chi connectivity index (χ2n) is 11.9. The molecule has 0 amide bonds. The molecule has 3 aliphatic rings. The molecule has 0 radical (unpaired) electrons. The number of carbonyl (C=O) groups is 2. The van der Waals surface area contributed by atoms with Crippen LogP contribution in [-0.4, -0.2) is 37.7 Å². The van der Waals surface area contributed by atoms with Gasteiger partial charge in [-0.3, -0.25) is 9.59 Å². The summed E-state index contributed by atoms with van der Waals surface area (Å²) in [6, 6.07) is 9.39. The number of benzene rings is 1. The highest BCUT2D eigenvalue weighted by Crippen LogP contribution is 2.63. The van der Waals surface area contributed by atoms with Crippen LogP contribution in [0.25, 0.3) is 5.76 Å². The number of hydrogen-bond acceptors (Lipinski definition) is 7. The second kappa shape index (κ2) is 11.4. The van der Waals surface area contributed by atoms with E-state index in [4.69, 9.17) is 24.3 Å². The largest absolute Gasteiger partial charge is 0.468 e. The Morgan fingerprint density at radius 1 is 1.15 bits per heavy atom. The van der Waals surface area contributed by atoms with Crippen LogP contribution >= 0.6 is 0 Å². The normalized spacial score (nSPS) is 33.7. The van der Waals surface area contributed by atoms with Gasteiger partial charge < -0.3 is 9.62 Å². The molecule has 0 aromatic heterocycles. The van der Waals surface area contributed by atoms with E-state index in [-0.39, 0.29) is 36.1 Å². The molecule has 7 heteroatoms. The SMILES string of the molecule is C=C(OOC1C(C)CC2(C(=O)OC)C(=O)C(C)=CC3C(CCC(=C)C(OOCC)C12)C3(C)C)c1ccccc1. The van der Waals surface area contributed by atoms with Crippen molar-refractivity contribution in [2.45, 2.75) is 66.1 Å². The molecule has 0 heterocycles. The van der Waals surface area contributed by atoms with Crippen molar-refractivity contribution in [2.75, 3.05) is 13.7 Å². The average molecular weight is 539 g/mol. The lowest BCUT2D eigenvalue weighted by Crippen LogP contribution is -2.52. The lowest BCUT2D eigenvalue weighted by Gasteiger charge is -2.38. The first-order chi connectivity index (χ1) is 18.5. The van der Waals surface area contributed by atoms with E-state index in [2.05, 4.69) is 27.0 Å². The molecule has 0 aliphatic heterocycles. The van der Waals surface area contributed by atoms with Crippen LogP contribution in [-0.2, 0) is 33.9 Å². The van der Waals surface area contributed by atoms with Gasteiger partial charge in [-0.2, -0.15) is 4.89 Å². The Morgan fingerprint density at radius 2 is 1.85 bits per heavy atom. The average Bonchev–Trinajstić information content (AvgIpc) is 3.30. The molecule has 2 saturated carbocycles. The molecule has 0 N–H and O–H groups in total. The van der Waals surface area contributed by atoms with Gasteiger partial charge in [0.2, 0.25) is 0 Å². The van der Waals surface area contributed by atoms with E-state index in [1.165, 1.54) is 7.11 Å². The number of methoxy groups -OCH3 is 1. The van der Waals surface area contributed by atoms with E-state index in [1.54, 1.807) is 6.92 Å². The Kier molecular flexibility index (Phi) is 8.55. The van der Waals surface area contributed by atoms with E-state index in [0.717, 1.165) is 17.6 Å². The van der Waals surface area contributed by atoms with Gasteiger partial charge >= 0.3 is 5.97 Å². The van der Waals surface area contributed by atoms with Crippen LogP contribution in [0, 0.1) is 34.5 Å². The minimum absolute atomic E-state index is 0.0649. The summed E-state index contributed by atoms with van der Waals surface area (Å²) in [5.74, 6) is -0.991. The maximum absolute atomic E-state index is 14.4. The standard InChI is InChI=1S/C32H42O7/c1-9-36-38-27-19(2)15-16-24-25(31(24,6)7)17-20(3)29(33)32(30(34)35-8)18-21(4)28(26(27)32)39-37-22(5)23-13-11-10-12-14-23/h10-14,17,21,24-28H,2,5,9,15-16,18H2,1,3-4,6-8H3. The van der Waals surface area contributed by atoms with Crippen LogP contribution in [0.4, 0.5) is 0 Å². The maximum Gasteiger partial charge on any atom is 0.320 e. The van der Waals surface area contributed by atoms with Crippen molar-refractivity contribution >= 4 is 17.5 Å². The molecule has 212 valence electrons. The summed E-state index contributed by atoms with van der Waals surface area (Å²) in [4.78, 5) is 51.4. The van der Waals surface area contributed by atoms with Crippen molar-refractivity contribution in [3.05, 3.63) is 66.3 Å². The molecule has 2 fully saturated rings. The van der Waals surface area contributed by atoms with Crippen molar-refractivity contribution in [3.63, 3.8) is 0 Å². The van der Waals surface area contributed by atoms with Crippen LogP contribution < -0.4 is 0 Å². The van der Waals surface area contributed by atoms with Crippen LogP contribution in [0.3, 0.4) is 0 Å². The number of Topliss-reactive ketones (excluding diaryl/α,β-unsaturated/α-hetero) is 1. The fourth-order valence-corrected chi connectivity index (χ4v) is 6.88. The fraction of sp³-hybridized carbons (Fsp3) is 0.562. The van der Waals surface area contributed by atoms with Gasteiger partial charge in [-0.1, -0.05) is 70.3 Å². The van der Waals surface area contributed by atoms with Crippen LogP contribution in [0.15, 0.2) is 60.7 Å². The fourth-order valence-electron chi connectivity index (χ4n) is 6.88. The van der Waals surface area contributed by atoms with Gasteiger partial charge in [0.15, 0.2) is 11.5 Å². The summed E-state index contributed by atoms with van der Waals surface area (Å²) < 4.78 is 5.34. The monoisotopic (exact) mass is 538 g/mol. The van der Waals surface area contributed by atoms with Gasteiger partial charge in [-0.25, -0.2) is 9.78 Å². The topological polar surface area (TPSA) is 80.3 Å². The molecule has 0 saturated heterocycles. The number of fused-ring (bicyclic) bond motifs is 2. The van der Waals surface area contributed by atoms with Gasteiger partial charge in [0.05, 0.1) is 13.7 Å². The number of allylic oxidation sites excluding steroid dienone is 2. The summed E-state index contributed by atoms with van der Waals surface area (Å²) in [6.07, 6.45) is 2.29. The maximum atomic E-state index is 14.4.